The fourth-order valence-electron chi connectivity index (χ4n) is 3.23. The van der Waals surface area contributed by atoms with Gasteiger partial charge >= 0.3 is 0 Å². The van der Waals surface area contributed by atoms with Crippen LogP contribution in [0.15, 0.2) is 29.6 Å². The van der Waals surface area contributed by atoms with Gasteiger partial charge in [-0.25, -0.2) is 9.37 Å². The second-order valence-corrected chi connectivity index (χ2v) is 7.73. The summed E-state index contributed by atoms with van der Waals surface area (Å²) in [4.78, 5) is 30.9. The lowest BCUT2D eigenvalue weighted by Crippen LogP contribution is -2.34. The predicted molar refractivity (Wildman–Crippen MR) is 104 cm³/mol. The molecule has 0 radical (unpaired) electrons. The van der Waals surface area contributed by atoms with E-state index in [0.29, 0.717) is 37.6 Å². The van der Waals surface area contributed by atoms with Crippen LogP contribution in [0.5, 0.6) is 0 Å². The number of nitrogens with zero attached hydrogens (tertiary/aromatic N) is 5. The lowest BCUT2D eigenvalue weighted by Gasteiger charge is -2.18. The van der Waals surface area contributed by atoms with Gasteiger partial charge in [-0.1, -0.05) is 6.07 Å². The number of aryl methyl sites for hydroxylation is 1. The van der Waals surface area contributed by atoms with Crippen molar-refractivity contribution in [2.75, 3.05) is 13.1 Å². The van der Waals surface area contributed by atoms with Gasteiger partial charge in [-0.2, -0.15) is 0 Å². The molecule has 0 fully saturated rings. The van der Waals surface area contributed by atoms with Crippen molar-refractivity contribution >= 4 is 23.2 Å². The third kappa shape index (κ3) is 4.16. The zero-order valence-electron chi connectivity index (χ0n) is 15.8. The van der Waals surface area contributed by atoms with Crippen LogP contribution < -0.4 is 5.32 Å². The summed E-state index contributed by atoms with van der Waals surface area (Å²) >= 11 is 1.45. The van der Waals surface area contributed by atoms with Crippen molar-refractivity contribution in [3.8, 4) is 0 Å². The van der Waals surface area contributed by atoms with Crippen LogP contribution in [0.3, 0.4) is 0 Å². The van der Waals surface area contributed by atoms with Crippen LogP contribution in [0.4, 0.5) is 4.39 Å². The maximum Gasteiger partial charge on any atom is 0.273 e. The number of halogens is 1. The van der Waals surface area contributed by atoms with E-state index in [1.165, 1.54) is 29.5 Å². The summed E-state index contributed by atoms with van der Waals surface area (Å²) < 4.78 is 15.2. The second kappa shape index (κ2) is 8.08. The van der Waals surface area contributed by atoms with E-state index in [1.54, 1.807) is 16.3 Å². The highest BCUT2D eigenvalue weighted by Gasteiger charge is 2.24. The number of hydrogen-bond acceptors (Lipinski definition) is 6. The molecule has 1 aromatic carbocycles. The molecule has 3 aromatic rings. The van der Waals surface area contributed by atoms with E-state index in [4.69, 9.17) is 0 Å². The highest BCUT2D eigenvalue weighted by Crippen LogP contribution is 2.15. The van der Waals surface area contributed by atoms with Gasteiger partial charge in [0.25, 0.3) is 11.8 Å². The highest BCUT2D eigenvalue weighted by molar-refractivity contribution is 7.09. The number of amides is 2. The van der Waals surface area contributed by atoms with E-state index in [0.717, 1.165) is 10.8 Å². The summed E-state index contributed by atoms with van der Waals surface area (Å²) in [5, 5.41) is 13.7. The molecule has 0 bridgehead atoms. The normalized spacial score (nSPS) is 13.7. The standard InChI is InChI=1S/C19H19FN6O2S/c1-12-22-15(11-29-12)19(28)25-6-5-16-23-24-17(26(16)8-7-25)10-21-18(27)13-3-2-4-14(20)9-13/h2-4,9,11H,5-8,10H2,1H3,(H,21,27). The molecule has 0 aliphatic carbocycles. The third-order valence-corrected chi connectivity index (χ3v) is 5.50. The van der Waals surface area contributed by atoms with Crippen LogP contribution in [0.25, 0.3) is 0 Å². The molecule has 10 heteroatoms. The average Bonchev–Trinajstić information content (AvgIpc) is 3.25. The molecule has 1 aliphatic rings. The Bertz CT molecular complexity index is 1060. The molecule has 0 spiro atoms. The van der Waals surface area contributed by atoms with Gasteiger partial charge in [0.1, 0.15) is 17.3 Å². The Morgan fingerprint density at radius 3 is 2.86 bits per heavy atom. The summed E-state index contributed by atoms with van der Waals surface area (Å²) in [7, 11) is 0. The first-order chi connectivity index (χ1) is 14.0. The van der Waals surface area contributed by atoms with Crippen molar-refractivity contribution in [1.82, 2.24) is 30.0 Å². The van der Waals surface area contributed by atoms with Crippen molar-refractivity contribution in [2.45, 2.75) is 26.4 Å². The number of aromatic nitrogens is 4. The van der Waals surface area contributed by atoms with Crippen LogP contribution in [0.1, 0.15) is 37.5 Å². The van der Waals surface area contributed by atoms with Crippen molar-refractivity contribution in [3.63, 3.8) is 0 Å². The summed E-state index contributed by atoms with van der Waals surface area (Å²) in [6, 6.07) is 5.51. The van der Waals surface area contributed by atoms with Crippen molar-refractivity contribution in [2.24, 2.45) is 0 Å². The van der Waals surface area contributed by atoms with Crippen LogP contribution in [0, 0.1) is 12.7 Å². The van der Waals surface area contributed by atoms with Gasteiger partial charge in [0.15, 0.2) is 5.82 Å². The Kier molecular flexibility index (Phi) is 5.34. The lowest BCUT2D eigenvalue weighted by atomic mass is 10.2. The van der Waals surface area contributed by atoms with Gasteiger partial charge in [0.2, 0.25) is 0 Å². The Hall–Kier alpha value is -3.14. The van der Waals surface area contributed by atoms with Crippen LogP contribution in [-0.4, -0.2) is 49.6 Å². The first-order valence-electron chi connectivity index (χ1n) is 9.17. The minimum Gasteiger partial charge on any atom is -0.345 e. The molecule has 1 N–H and O–H groups in total. The van der Waals surface area contributed by atoms with Gasteiger partial charge in [0, 0.05) is 37.0 Å². The van der Waals surface area contributed by atoms with E-state index in [2.05, 4.69) is 20.5 Å². The van der Waals surface area contributed by atoms with Gasteiger partial charge < -0.3 is 14.8 Å². The topological polar surface area (TPSA) is 93.0 Å². The molecule has 0 saturated heterocycles. The minimum atomic E-state index is -0.464. The van der Waals surface area contributed by atoms with Crippen LogP contribution in [-0.2, 0) is 19.5 Å². The van der Waals surface area contributed by atoms with Crippen LogP contribution in [0.2, 0.25) is 0 Å². The predicted octanol–water partition coefficient (Wildman–Crippen LogP) is 1.81. The summed E-state index contributed by atoms with van der Waals surface area (Å²) in [6.07, 6.45) is 0.569. The zero-order valence-corrected chi connectivity index (χ0v) is 16.6. The van der Waals surface area contributed by atoms with Gasteiger partial charge in [-0.05, 0) is 25.1 Å². The Morgan fingerprint density at radius 1 is 1.24 bits per heavy atom. The summed E-state index contributed by atoms with van der Waals surface area (Å²) in [6.45, 7) is 3.61. The second-order valence-electron chi connectivity index (χ2n) is 6.67. The van der Waals surface area contributed by atoms with Crippen LogP contribution >= 0.6 is 11.3 Å². The third-order valence-electron chi connectivity index (χ3n) is 4.72. The van der Waals surface area contributed by atoms with E-state index < -0.39 is 5.82 Å². The molecule has 150 valence electrons. The van der Waals surface area contributed by atoms with E-state index in [-0.39, 0.29) is 23.9 Å². The van der Waals surface area contributed by atoms with Crippen molar-refractivity contribution < 1.29 is 14.0 Å². The van der Waals surface area contributed by atoms with Gasteiger partial charge in [-0.3, -0.25) is 9.59 Å². The molecular formula is C19H19FN6O2S. The van der Waals surface area contributed by atoms with Crippen molar-refractivity contribution in [1.29, 1.82) is 0 Å². The fraction of sp³-hybridized carbons (Fsp3) is 0.316. The molecule has 1 aliphatic heterocycles. The first kappa shape index (κ1) is 19.2. The number of rotatable bonds is 4. The maximum atomic E-state index is 13.3. The Balaban J connectivity index is 1.41. The average molecular weight is 414 g/mol. The molecule has 0 atom stereocenters. The summed E-state index contributed by atoms with van der Waals surface area (Å²) in [5.41, 5.74) is 0.712. The Labute approximate surface area is 170 Å². The number of benzene rings is 1. The molecular weight excluding hydrogens is 395 g/mol. The SMILES string of the molecule is Cc1nc(C(=O)N2CCc3nnc(CNC(=O)c4cccc(F)c4)n3CC2)cs1. The summed E-state index contributed by atoms with van der Waals surface area (Å²) in [5.74, 6) is 0.433. The number of thiazole rings is 1. The number of nitrogens with one attached hydrogen (secondary N) is 1. The largest absolute Gasteiger partial charge is 0.345 e. The number of carbonyl (C=O) groups excluding carboxylic acids is 2. The quantitative estimate of drug-likeness (QED) is 0.703. The molecule has 0 unspecified atom stereocenters. The van der Waals surface area contributed by atoms with Gasteiger partial charge in [-0.15, -0.1) is 21.5 Å². The molecule has 8 nitrogen and oxygen atoms in total. The number of hydrogen-bond donors (Lipinski definition) is 1. The van der Waals surface area contributed by atoms with Gasteiger partial charge in [0.05, 0.1) is 11.6 Å². The molecule has 3 heterocycles. The van der Waals surface area contributed by atoms with Crippen molar-refractivity contribution in [3.05, 3.63) is 63.4 Å². The number of carbonyl (C=O) groups is 2. The highest BCUT2D eigenvalue weighted by atomic mass is 32.1. The van der Waals surface area contributed by atoms with E-state index >= 15 is 0 Å². The molecule has 2 amide bonds. The Morgan fingerprint density at radius 2 is 2.10 bits per heavy atom. The first-order valence-corrected chi connectivity index (χ1v) is 10.1. The van der Waals surface area contributed by atoms with E-state index in [1.807, 2.05) is 11.5 Å². The number of fused-ring (bicyclic) bond motifs is 1. The maximum absolute atomic E-state index is 13.3. The molecule has 4 rings (SSSR count). The lowest BCUT2D eigenvalue weighted by molar-refractivity contribution is 0.0753. The molecule has 2 aromatic heterocycles. The monoisotopic (exact) mass is 414 g/mol. The smallest absolute Gasteiger partial charge is 0.273 e. The molecule has 0 saturated carbocycles. The minimum absolute atomic E-state index is 0.0889. The molecule has 29 heavy (non-hydrogen) atoms. The fourth-order valence-corrected chi connectivity index (χ4v) is 3.82. The van der Waals surface area contributed by atoms with E-state index in [9.17, 15) is 14.0 Å². The zero-order chi connectivity index (χ0) is 20.4.